The molecule has 0 spiro atoms. The van der Waals surface area contributed by atoms with E-state index in [0.717, 1.165) is 34.5 Å². The molecule has 0 N–H and O–H groups in total. The van der Waals surface area contributed by atoms with Gasteiger partial charge in [-0.1, -0.05) is 18.7 Å². The average molecular weight is 489 g/mol. The van der Waals surface area contributed by atoms with Crippen LogP contribution in [0.2, 0.25) is 0 Å². The Kier molecular flexibility index (Phi) is 7.41. The Hall–Kier alpha value is -2.36. The lowest BCUT2D eigenvalue weighted by molar-refractivity contribution is 0.0937. The van der Waals surface area contributed by atoms with Crippen molar-refractivity contribution in [3.05, 3.63) is 44.6 Å². The number of thioether (sulfide) groups is 1. The van der Waals surface area contributed by atoms with Crippen LogP contribution in [0.1, 0.15) is 40.6 Å². The van der Waals surface area contributed by atoms with Gasteiger partial charge < -0.3 is 14.2 Å². The maximum absolute atomic E-state index is 13.5. The third kappa shape index (κ3) is 4.81. The van der Waals surface area contributed by atoms with Crippen molar-refractivity contribution in [1.82, 2.24) is 9.55 Å². The monoisotopic (exact) mass is 488 g/mol. The summed E-state index contributed by atoms with van der Waals surface area (Å²) in [6, 6.07) is 5.11. The Balaban J connectivity index is 1.66. The highest BCUT2D eigenvalue weighted by molar-refractivity contribution is 7.99. The average Bonchev–Trinajstić information content (AvgIpc) is 3.45. The van der Waals surface area contributed by atoms with E-state index in [2.05, 4.69) is 6.92 Å². The number of methoxy groups -OCH3 is 2. The van der Waals surface area contributed by atoms with Crippen molar-refractivity contribution in [3.63, 3.8) is 0 Å². The number of Topliss-reactive ketones (excluding diaryl/α,β-unsaturated/α-hetero) is 1. The minimum Gasteiger partial charge on any atom is -0.493 e. The molecule has 0 aliphatic carbocycles. The molecule has 176 valence electrons. The lowest BCUT2D eigenvalue weighted by Crippen LogP contribution is -2.29. The van der Waals surface area contributed by atoms with Crippen LogP contribution in [0.5, 0.6) is 11.5 Å². The molecule has 3 aromatic rings. The van der Waals surface area contributed by atoms with Gasteiger partial charge in [-0.15, -0.1) is 11.3 Å². The summed E-state index contributed by atoms with van der Waals surface area (Å²) in [5, 5.41) is 1.26. The van der Waals surface area contributed by atoms with Crippen LogP contribution in [0.4, 0.5) is 0 Å². The van der Waals surface area contributed by atoms with Gasteiger partial charge in [-0.05, 0) is 49.9 Å². The quantitative estimate of drug-likeness (QED) is 0.249. The van der Waals surface area contributed by atoms with Gasteiger partial charge in [0.1, 0.15) is 4.83 Å². The molecule has 4 rings (SSSR count). The van der Waals surface area contributed by atoms with Crippen LogP contribution < -0.4 is 15.0 Å². The second kappa shape index (κ2) is 10.3. The van der Waals surface area contributed by atoms with Crippen molar-refractivity contribution < 1.29 is 19.0 Å². The molecule has 3 heterocycles. The summed E-state index contributed by atoms with van der Waals surface area (Å²) in [5.74, 6) is 1.16. The summed E-state index contributed by atoms with van der Waals surface area (Å²) in [7, 11) is 3.10. The number of nitrogens with zero attached hydrogens (tertiary/aromatic N) is 2. The minimum atomic E-state index is -0.0735. The van der Waals surface area contributed by atoms with E-state index in [0.29, 0.717) is 40.8 Å². The number of carbonyl (C=O) groups excluding carboxylic acids is 1. The minimum absolute atomic E-state index is 0.00680. The number of fused-ring (bicyclic) bond motifs is 1. The number of aromatic nitrogens is 2. The van der Waals surface area contributed by atoms with E-state index in [1.54, 1.807) is 29.9 Å². The first kappa shape index (κ1) is 23.8. The van der Waals surface area contributed by atoms with Gasteiger partial charge in [-0.25, -0.2) is 4.98 Å². The SMILES string of the molecule is CCc1c(C)sc2nc(SCC(=O)c3ccc(OC)c(OC)c3)n(CC3CCCO3)c(=O)c12. The van der Waals surface area contributed by atoms with Gasteiger partial charge >= 0.3 is 0 Å². The predicted molar refractivity (Wildman–Crippen MR) is 132 cm³/mol. The summed E-state index contributed by atoms with van der Waals surface area (Å²) < 4.78 is 18.1. The molecule has 33 heavy (non-hydrogen) atoms. The molecule has 2 aromatic heterocycles. The predicted octanol–water partition coefficient (Wildman–Crippen LogP) is 4.50. The summed E-state index contributed by atoms with van der Waals surface area (Å²) in [6.45, 7) is 5.26. The smallest absolute Gasteiger partial charge is 0.263 e. The van der Waals surface area contributed by atoms with Crippen molar-refractivity contribution in [2.75, 3.05) is 26.6 Å². The molecule has 1 unspecified atom stereocenters. The Bertz CT molecular complexity index is 1230. The zero-order valence-corrected chi connectivity index (χ0v) is 20.9. The lowest BCUT2D eigenvalue weighted by atomic mass is 10.1. The van der Waals surface area contributed by atoms with E-state index in [1.807, 2.05) is 6.92 Å². The first-order chi connectivity index (χ1) is 16.0. The molecule has 1 fully saturated rings. The summed E-state index contributed by atoms with van der Waals surface area (Å²) in [6.07, 6.45) is 2.69. The van der Waals surface area contributed by atoms with Gasteiger partial charge in [-0.3, -0.25) is 14.2 Å². The highest BCUT2D eigenvalue weighted by atomic mass is 32.2. The molecule has 1 aromatic carbocycles. The lowest BCUT2D eigenvalue weighted by Gasteiger charge is -2.16. The number of hydrogen-bond acceptors (Lipinski definition) is 8. The normalized spacial score (nSPS) is 15.8. The van der Waals surface area contributed by atoms with Gasteiger partial charge in [0.2, 0.25) is 0 Å². The van der Waals surface area contributed by atoms with Gasteiger partial charge in [0, 0.05) is 17.0 Å². The Morgan fingerprint density at radius 3 is 2.76 bits per heavy atom. The highest BCUT2D eigenvalue weighted by Crippen LogP contribution is 2.31. The maximum Gasteiger partial charge on any atom is 0.263 e. The molecule has 0 saturated carbocycles. The van der Waals surface area contributed by atoms with Crippen LogP contribution >= 0.6 is 23.1 Å². The van der Waals surface area contributed by atoms with Crippen molar-refractivity contribution in [1.29, 1.82) is 0 Å². The van der Waals surface area contributed by atoms with E-state index < -0.39 is 0 Å². The molecule has 0 amide bonds. The molecule has 1 saturated heterocycles. The molecule has 0 bridgehead atoms. The fraction of sp³-hybridized carbons (Fsp3) is 0.458. The zero-order chi connectivity index (χ0) is 23.5. The molecule has 9 heteroatoms. The number of ether oxygens (including phenoxy) is 3. The largest absolute Gasteiger partial charge is 0.493 e. The van der Waals surface area contributed by atoms with Gasteiger partial charge in [0.05, 0.1) is 38.0 Å². The van der Waals surface area contributed by atoms with Crippen molar-refractivity contribution in [3.8, 4) is 11.5 Å². The fourth-order valence-electron chi connectivity index (χ4n) is 4.14. The van der Waals surface area contributed by atoms with Crippen molar-refractivity contribution >= 4 is 39.1 Å². The molecular formula is C24H28N2O5S2. The number of thiophene rings is 1. The number of hydrogen-bond donors (Lipinski definition) is 0. The van der Waals surface area contributed by atoms with Gasteiger partial charge in [-0.2, -0.15) is 0 Å². The standard InChI is InChI=1S/C24H28N2O5S2/c1-5-17-14(2)33-22-21(17)23(28)26(12-16-7-6-10-31-16)24(25-22)32-13-18(27)15-8-9-19(29-3)20(11-15)30-4/h8-9,11,16H,5-7,10,12-13H2,1-4H3. The van der Waals surface area contributed by atoms with Crippen LogP contribution in [0.15, 0.2) is 28.2 Å². The van der Waals surface area contributed by atoms with Gasteiger partial charge in [0.25, 0.3) is 5.56 Å². The highest BCUT2D eigenvalue weighted by Gasteiger charge is 2.23. The number of carbonyl (C=O) groups is 1. The molecule has 1 atom stereocenters. The summed E-state index contributed by atoms with van der Waals surface area (Å²) in [5.41, 5.74) is 1.54. The van der Waals surface area contributed by atoms with Gasteiger partial charge in [0.15, 0.2) is 22.4 Å². The van der Waals surface area contributed by atoms with Crippen LogP contribution in [0, 0.1) is 6.92 Å². The number of benzene rings is 1. The molecule has 7 nitrogen and oxygen atoms in total. The van der Waals surface area contributed by atoms with E-state index in [9.17, 15) is 9.59 Å². The fourth-order valence-corrected chi connectivity index (χ4v) is 6.20. The summed E-state index contributed by atoms with van der Waals surface area (Å²) >= 11 is 2.83. The number of aryl methyl sites for hydroxylation is 2. The molecular weight excluding hydrogens is 460 g/mol. The Morgan fingerprint density at radius 2 is 2.09 bits per heavy atom. The van der Waals surface area contributed by atoms with E-state index in [-0.39, 0.29) is 23.2 Å². The van der Waals surface area contributed by atoms with E-state index in [4.69, 9.17) is 19.2 Å². The molecule has 1 aliphatic rings. The first-order valence-corrected chi connectivity index (χ1v) is 12.8. The second-order valence-electron chi connectivity index (χ2n) is 7.90. The van der Waals surface area contributed by atoms with Crippen molar-refractivity contribution in [2.24, 2.45) is 0 Å². The second-order valence-corrected chi connectivity index (χ2v) is 10.0. The first-order valence-electron chi connectivity index (χ1n) is 11.0. The Labute approximate surface area is 201 Å². The third-order valence-corrected chi connectivity index (χ3v) is 7.90. The van der Waals surface area contributed by atoms with E-state index >= 15 is 0 Å². The molecule has 1 aliphatic heterocycles. The Morgan fingerprint density at radius 1 is 1.30 bits per heavy atom. The zero-order valence-electron chi connectivity index (χ0n) is 19.3. The molecule has 0 radical (unpaired) electrons. The van der Waals surface area contributed by atoms with E-state index in [1.165, 1.54) is 30.2 Å². The number of rotatable bonds is 9. The maximum atomic E-state index is 13.5. The van der Waals surface area contributed by atoms with Crippen LogP contribution in [0.25, 0.3) is 10.2 Å². The number of ketones is 1. The summed E-state index contributed by atoms with van der Waals surface area (Å²) in [4.78, 5) is 33.2. The van der Waals surface area contributed by atoms with Crippen LogP contribution in [-0.4, -0.2) is 48.0 Å². The topological polar surface area (TPSA) is 79.7 Å². The van der Waals surface area contributed by atoms with Crippen LogP contribution in [-0.2, 0) is 17.7 Å². The third-order valence-electron chi connectivity index (χ3n) is 5.88. The van der Waals surface area contributed by atoms with Crippen molar-refractivity contribution in [2.45, 2.75) is 50.9 Å². The van der Waals surface area contributed by atoms with Crippen LogP contribution in [0.3, 0.4) is 0 Å².